The highest BCUT2D eigenvalue weighted by molar-refractivity contribution is 5.99. The van der Waals surface area contributed by atoms with Crippen molar-refractivity contribution in [2.24, 2.45) is 5.92 Å². The Balaban J connectivity index is 2.52. The molecular formula is C28H36N4O6. The van der Waals surface area contributed by atoms with Crippen LogP contribution in [-0.2, 0) is 14.3 Å². The van der Waals surface area contributed by atoms with E-state index in [1.807, 2.05) is 13.0 Å². The van der Waals surface area contributed by atoms with Crippen molar-refractivity contribution in [3.63, 3.8) is 0 Å². The number of alkyl carbamates (subject to hydrolysis) is 1. The minimum Gasteiger partial charge on any atom is -0.508 e. The summed E-state index contributed by atoms with van der Waals surface area (Å²) in [7, 11) is 1.52. The average molecular weight is 525 g/mol. The normalized spacial score (nSPS) is 13.3. The second kappa shape index (κ2) is 13.3. The fourth-order valence-corrected chi connectivity index (χ4v) is 3.72. The van der Waals surface area contributed by atoms with Gasteiger partial charge in [0.15, 0.2) is 0 Å². The third-order valence-corrected chi connectivity index (χ3v) is 5.82. The first-order valence-electron chi connectivity index (χ1n) is 12.3. The second-order valence-corrected chi connectivity index (χ2v) is 9.81. The molecule has 3 unspecified atom stereocenters. The van der Waals surface area contributed by atoms with Crippen molar-refractivity contribution in [1.29, 1.82) is 5.26 Å². The first-order valence-corrected chi connectivity index (χ1v) is 12.3. The van der Waals surface area contributed by atoms with Crippen molar-refractivity contribution in [2.75, 3.05) is 19.0 Å². The van der Waals surface area contributed by atoms with Gasteiger partial charge in [0, 0.05) is 11.3 Å². The zero-order valence-corrected chi connectivity index (χ0v) is 22.6. The van der Waals surface area contributed by atoms with E-state index in [4.69, 9.17) is 9.47 Å². The summed E-state index contributed by atoms with van der Waals surface area (Å²) in [6, 6.07) is 12.1. The molecule has 0 saturated heterocycles. The number of anilines is 1. The van der Waals surface area contributed by atoms with Gasteiger partial charge in [-0.15, -0.1) is 0 Å². The minimum atomic E-state index is -1.38. The average Bonchev–Trinajstić information content (AvgIpc) is 2.86. The van der Waals surface area contributed by atoms with E-state index in [-0.39, 0.29) is 17.2 Å². The fourth-order valence-electron chi connectivity index (χ4n) is 3.72. The second-order valence-electron chi connectivity index (χ2n) is 9.81. The number of amides is 3. The highest BCUT2D eigenvalue weighted by Crippen LogP contribution is 2.31. The minimum absolute atomic E-state index is 0.127. The Morgan fingerprint density at radius 2 is 1.74 bits per heavy atom. The van der Waals surface area contributed by atoms with Crippen LogP contribution in [0, 0.1) is 17.2 Å². The highest BCUT2D eigenvalue weighted by atomic mass is 16.6. The maximum Gasteiger partial charge on any atom is 0.408 e. The number of nitrogens with one attached hydrogen (secondary N) is 2. The summed E-state index contributed by atoms with van der Waals surface area (Å²) in [6.07, 6.45) is -0.277. The Morgan fingerprint density at radius 1 is 1.11 bits per heavy atom. The molecule has 0 aliphatic rings. The van der Waals surface area contributed by atoms with Gasteiger partial charge < -0.3 is 30.1 Å². The molecule has 204 valence electrons. The van der Waals surface area contributed by atoms with Crippen LogP contribution in [0.15, 0.2) is 48.5 Å². The summed E-state index contributed by atoms with van der Waals surface area (Å²) < 4.78 is 10.5. The molecule has 3 atom stereocenters. The molecule has 0 spiro atoms. The first-order chi connectivity index (χ1) is 17.9. The van der Waals surface area contributed by atoms with Crippen LogP contribution in [0.2, 0.25) is 0 Å². The Morgan fingerprint density at radius 3 is 2.26 bits per heavy atom. The van der Waals surface area contributed by atoms with Gasteiger partial charge in [0.05, 0.1) is 13.2 Å². The summed E-state index contributed by atoms with van der Waals surface area (Å²) in [5.41, 5.74) is -0.246. The monoisotopic (exact) mass is 524 g/mol. The third kappa shape index (κ3) is 8.13. The fraction of sp³-hybridized carbons (Fsp3) is 0.429. The van der Waals surface area contributed by atoms with Crippen molar-refractivity contribution >= 4 is 23.6 Å². The van der Waals surface area contributed by atoms with E-state index in [0.717, 1.165) is 4.90 Å². The zero-order chi connectivity index (χ0) is 28.5. The molecule has 0 fully saturated rings. The number of ether oxygens (including phenoxy) is 2. The van der Waals surface area contributed by atoms with Gasteiger partial charge in [0.1, 0.15) is 35.7 Å². The summed E-state index contributed by atoms with van der Waals surface area (Å²) in [4.78, 5) is 41.2. The lowest BCUT2D eigenvalue weighted by atomic mass is 9.95. The molecule has 2 aromatic rings. The molecule has 0 aliphatic carbocycles. The van der Waals surface area contributed by atoms with Crippen LogP contribution in [0.4, 0.5) is 10.5 Å². The van der Waals surface area contributed by atoms with Crippen molar-refractivity contribution in [3.05, 3.63) is 54.1 Å². The van der Waals surface area contributed by atoms with Gasteiger partial charge in [0.2, 0.25) is 5.91 Å². The topological polar surface area (TPSA) is 141 Å². The van der Waals surface area contributed by atoms with E-state index >= 15 is 0 Å². The van der Waals surface area contributed by atoms with Gasteiger partial charge in [-0.1, -0.05) is 38.5 Å². The van der Waals surface area contributed by atoms with E-state index in [0.29, 0.717) is 17.9 Å². The number of hydrogen-bond donors (Lipinski definition) is 3. The maximum atomic E-state index is 13.9. The van der Waals surface area contributed by atoms with E-state index in [1.165, 1.54) is 19.2 Å². The molecule has 3 amide bonds. The number of benzene rings is 2. The Hall–Kier alpha value is -4.26. The molecule has 0 aliphatic heterocycles. The molecular weight excluding hydrogens is 488 g/mol. The van der Waals surface area contributed by atoms with E-state index in [9.17, 15) is 24.8 Å². The maximum absolute atomic E-state index is 13.9. The molecule has 10 heteroatoms. The lowest BCUT2D eigenvalue weighted by Crippen LogP contribution is -2.54. The number of hydrogen-bond acceptors (Lipinski definition) is 7. The van der Waals surface area contributed by atoms with Gasteiger partial charge in [-0.25, -0.2) is 4.79 Å². The number of carbonyl (C=O) groups excluding carboxylic acids is 3. The standard InChI is InChI=1S/C28H36N4O6/c1-7-18(2)23(31-27(36)38-28(3,4)5)26(35)32(17-16-29)24(21-10-8-9-11-22(21)33)25(34)30-19-12-14-20(37-6)15-13-19/h8-15,18,23-24,33H,7,17H2,1-6H3,(H,30,34)(H,31,36). The molecule has 2 rings (SSSR count). The molecule has 0 aromatic heterocycles. The quantitative estimate of drug-likeness (QED) is 0.392. The Kier molecular flexibility index (Phi) is 10.5. The number of rotatable bonds is 10. The molecule has 0 radical (unpaired) electrons. The number of nitrogens with zero attached hydrogens (tertiary/aromatic N) is 2. The van der Waals surface area contributed by atoms with Crippen molar-refractivity contribution in [2.45, 2.75) is 58.7 Å². The van der Waals surface area contributed by atoms with Gasteiger partial charge in [-0.05, 0) is 57.0 Å². The molecule has 10 nitrogen and oxygen atoms in total. The number of phenolic OH excluding ortho intramolecular Hbond substituents is 1. The van der Waals surface area contributed by atoms with Gasteiger partial charge in [-0.3, -0.25) is 9.59 Å². The lowest BCUT2D eigenvalue weighted by Gasteiger charge is -2.34. The van der Waals surface area contributed by atoms with Crippen LogP contribution < -0.4 is 15.4 Å². The SMILES string of the molecule is CCC(C)C(NC(=O)OC(C)(C)C)C(=O)N(CC#N)C(C(=O)Nc1ccc(OC)cc1)c1ccccc1O. The largest absolute Gasteiger partial charge is 0.508 e. The van der Waals surface area contributed by atoms with Gasteiger partial charge in [-0.2, -0.15) is 5.26 Å². The van der Waals surface area contributed by atoms with E-state index < -0.39 is 42.1 Å². The van der Waals surface area contributed by atoms with Crippen LogP contribution in [0.1, 0.15) is 52.6 Å². The predicted molar refractivity (Wildman–Crippen MR) is 142 cm³/mol. The van der Waals surface area contributed by atoms with Crippen LogP contribution in [0.5, 0.6) is 11.5 Å². The molecule has 3 N–H and O–H groups in total. The molecule has 0 heterocycles. The summed E-state index contributed by atoms with van der Waals surface area (Å²) in [6.45, 7) is 8.26. The van der Waals surface area contributed by atoms with Crippen molar-refractivity contribution < 1.29 is 29.0 Å². The Bertz CT molecular complexity index is 1150. The van der Waals surface area contributed by atoms with Crippen LogP contribution in [0.3, 0.4) is 0 Å². The van der Waals surface area contributed by atoms with Gasteiger partial charge in [0.25, 0.3) is 5.91 Å². The summed E-state index contributed by atoms with van der Waals surface area (Å²) in [5, 5.41) is 25.6. The lowest BCUT2D eigenvalue weighted by molar-refractivity contribution is -0.141. The van der Waals surface area contributed by atoms with Crippen LogP contribution in [0.25, 0.3) is 0 Å². The molecule has 2 aromatic carbocycles. The number of nitriles is 1. The molecule has 38 heavy (non-hydrogen) atoms. The van der Waals surface area contributed by atoms with E-state index in [1.54, 1.807) is 64.1 Å². The Labute approximate surface area is 223 Å². The van der Waals surface area contributed by atoms with Crippen molar-refractivity contribution in [3.8, 4) is 17.6 Å². The number of carbonyl (C=O) groups is 3. The zero-order valence-electron chi connectivity index (χ0n) is 22.6. The summed E-state index contributed by atoms with van der Waals surface area (Å²) >= 11 is 0. The molecule has 0 bridgehead atoms. The number of methoxy groups -OCH3 is 1. The van der Waals surface area contributed by atoms with Crippen LogP contribution >= 0.6 is 0 Å². The number of phenols is 1. The smallest absolute Gasteiger partial charge is 0.408 e. The summed E-state index contributed by atoms with van der Waals surface area (Å²) in [5.74, 6) is -1.30. The van der Waals surface area contributed by atoms with Crippen molar-refractivity contribution in [1.82, 2.24) is 10.2 Å². The highest BCUT2D eigenvalue weighted by Gasteiger charge is 2.39. The van der Waals surface area contributed by atoms with Crippen LogP contribution in [-0.4, -0.2) is 53.2 Å². The number of para-hydroxylation sites is 1. The van der Waals surface area contributed by atoms with Gasteiger partial charge >= 0.3 is 6.09 Å². The predicted octanol–water partition coefficient (Wildman–Crippen LogP) is 4.37. The first kappa shape index (κ1) is 30.0. The third-order valence-electron chi connectivity index (χ3n) is 5.82. The van der Waals surface area contributed by atoms with E-state index in [2.05, 4.69) is 10.6 Å². The number of aromatic hydroxyl groups is 1. The molecule has 0 saturated carbocycles.